The van der Waals surface area contributed by atoms with Crippen LogP contribution in [0.15, 0.2) is 29.2 Å². The molecule has 7 nitrogen and oxygen atoms in total. The largest absolute Gasteiger partial charge is 0.507 e. The number of aromatic nitrogens is 1. The van der Waals surface area contributed by atoms with Crippen molar-refractivity contribution in [1.82, 2.24) is 4.57 Å². The molecule has 0 unspecified atom stereocenters. The number of nitrogens with zero attached hydrogens (tertiary/aromatic N) is 1. The molecule has 152 valence electrons. The smallest absolute Gasteiger partial charge is 0.343 e. The van der Waals surface area contributed by atoms with Gasteiger partial charge in [0, 0.05) is 23.9 Å². The van der Waals surface area contributed by atoms with E-state index in [2.05, 4.69) is 0 Å². The minimum absolute atomic E-state index is 0.0304. The lowest BCUT2D eigenvalue weighted by molar-refractivity contribution is 0.0523. The van der Waals surface area contributed by atoms with Crippen molar-refractivity contribution < 1.29 is 24.5 Å². The maximum Gasteiger partial charge on any atom is 0.343 e. The van der Waals surface area contributed by atoms with Crippen molar-refractivity contribution in [2.24, 2.45) is 5.92 Å². The average Bonchev–Trinajstić information content (AvgIpc) is 2.64. The molecule has 2 N–H and O–H groups in total. The Bertz CT molecular complexity index is 922. The summed E-state index contributed by atoms with van der Waals surface area (Å²) in [6.45, 7) is 5.33. The minimum Gasteiger partial charge on any atom is -0.507 e. The Morgan fingerprint density at radius 3 is 2.50 bits per heavy atom. The molecular weight excluding hydrogens is 386 g/mol. The monoisotopic (exact) mass is 409 g/mol. The molecule has 0 bridgehead atoms. The predicted molar refractivity (Wildman–Crippen MR) is 106 cm³/mol. The Labute approximate surface area is 168 Å². The van der Waals surface area contributed by atoms with Crippen LogP contribution in [0.2, 0.25) is 5.02 Å². The zero-order valence-corrected chi connectivity index (χ0v) is 17.0. The van der Waals surface area contributed by atoms with Gasteiger partial charge >= 0.3 is 5.97 Å². The van der Waals surface area contributed by atoms with Gasteiger partial charge in [0.05, 0.1) is 37.1 Å². The van der Waals surface area contributed by atoms with Gasteiger partial charge in [-0.3, -0.25) is 4.79 Å². The van der Waals surface area contributed by atoms with Gasteiger partial charge in [-0.1, -0.05) is 25.4 Å². The molecule has 0 saturated heterocycles. The fraction of sp³-hybridized carbons (Fsp3) is 0.400. The molecule has 0 radical (unpaired) electrons. The molecule has 2 rings (SSSR count). The van der Waals surface area contributed by atoms with E-state index >= 15 is 0 Å². The molecular formula is C20H24ClNO6. The Hall–Kier alpha value is -2.51. The van der Waals surface area contributed by atoms with Crippen LogP contribution in [0.1, 0.15) is 37.2 Å². The van der Waals surface area contributed by atoms with E-state index in [4.69, 9.17) is 21.1 Å². The average molecular weight is 410 g/mol. The minimum atomic E-state index is -0.745. The Morgan fingerprint density at radius 1 is 1.29 bits per heavy atom. The third-order valence-corrected chi connectivity index (χ3v) is 4.73. The van der Waals surface area contributed by atoms with Crippen molar-refractivity contribution in [3.8, 4) is 22.8 Å². The van der Waals surface area contributed by atoms with Gasteiger partial charge in [0.25, 0.3) is 0 Å². The number of aromatic hydroxyl groups is 1. The van der Waals surface area contributed by atoms with Crippen molar-refractivity contribution in [2.45, 2.75) is 26.8 Å². The first-order valence-electron chi connectivity index (χ1n) is 8.86. The number of hydrogen-bond donors (Lipinski definition) is 2. The van der Waals surface area contributed by atoms with Crippen LogP contribution >= 0.6 is 11.6 Å². The number of carbonyl (C=O) groups is 1. The molecule has 0 aliphatic heterocycles. The Kier molecular flexibility index (Phi) is 7.10. The highest BCUT2D eigenvalue weighted by molar-refractivity contribution is 6.32. The number of phenols is 1. The maximum atomic E-state index is 12.6. The van der Waals surface area contributed by atoms with Crippen molar-refractivity contribution in [3.63, 3.8) is 0 Å². The molecule has 0 amide bonds. The maximum absolute atomic E-state index is 12.6. The number of benzene rings is 1. The first-order valence-corrected chi connectivity index (χ1v) is 9.23. The van der Waals surface area contributed by atoms with Gasteiger partial charge in [0.1, 0.15) is 17.1 Å². The summed E-state index contributed by atoms with van der Waals surface area (Å²) < 4.78 is 11.6. The second-order valence-electron chi connectivity index (χ2n) is 6.56. The number of rotatable bonds is 7. The van der Waals surface area contributed by atoms with Crippen molar-refractivity contribution >= 4 is 17.6 Å². The third kappa shape index (κ3) is 4.31. The fourth-order valence-corrected chi connectivity index (χ4v) is 3.17. The lowest BCUT2D eigenvalue weighted by Crippen LogP contribution is -2.26. The first-order chi connectivity index (χ1) is 13.2. The van der Waals surface area contributed by atoms with E-state index < -0.39 is 17.4 Å². The van der Waals surface area contributed by atoms with Gasteiger partial charge in [-0.2, -0.15) is 0 Å². The summed E-state index contributed by atoms with van der Waals surface area (Å²) in [5.41, 5.74) is -0.120. The molecule has 0 saturated carbocycles. The fourth-order valence-electron chi connectivity index (χ4n) is 2.93. The number of methoxy groups -OCH3 is 1. The third-order valence-electron chi connectivity index (χ3n) is 4.43. The molecule has 0 aliphatic rings. The lowest BCUT2D eigenvalue weighted by atomic mass is 10.0. The van der Waals surface area contributed by atoms with E-state index in [1.807, 2.05) is 13.8 Å². The standard InChI is InChI=1S/C20H24ClNO6/c1-5-28-20(26)13-9-22(16(10-23)11(2)3)15(7-17(13)24)12-6-14(21)19(27-4)8-18(12)25/h6-9,11,16,23,25H,5,10H2,1-4H3/t16-/m0/s1. The van der Waals surface area contributed by atoms with Crippen molar-refractivity contribution in [3.05, 3.63) is 45.2 Å². The van der Waals surface area contributed by atoms with Crippen LogP contribution in [-0.4, -0.2) is 41.1 Å². The van der Waals surface area contributed by atoms with Crippen LogP contribution < -0.4 is 10.2 Å². The second-order valence-corrected chi connectivity index (χ2v) is 6.97. The molecule has 1 aromatic heterocycles. The van der Waals surface area contributed by atoms with Crippen LogP contribution in [0, 0.1) is 5.92 Å². The van der Waals surface area contributed by atoms with Crippen LogP contribution in [0.3, 0.4) is 0 Å². The number of pyridine rings is 1. The van der Waals surface area contributed by atoms with Gasteiger partial charge in [-0.25, -0.2) is 4.79 Å². The summed E-state index contributed by atoms with van der Waals surface area (Å²) in [5, 5.41) is 20.6. The number of aliphatic hydroxyl groups is 1. The normalized spacial score (nSPS) is 12.1. The van der Waals surface area contributed by atoms with E-state index in [1.54, 1.807) is 11.5 Å². The van der Waals surface area contributed by atoms with Crippen molar-refractivity contribution in [1.29, 1.82) is 0 Å². The van der Waals surface area contributed by atoms with Gasteiger partial charge in [-0.15, -0.1) is 0 Å². The number of phenolic OH excluding ortho intramolecular Hbond substituents is 1. The Balaban J connectivity index is 2.80. The summed E-state index contributed by atoms with van der Waals surface area (Å²) in [7, 11) is 1.42. The number of carbonyl (C=O) groups excluding carboxylic acids is 1. The van der Waals surface area contributed by atoms with E-state index in [9.17, 15) is 19.8 Å². The molecule has 0 aliphatic carbocycles. The molecule has 1 heterocycles. The summed E-state index contributed by atoms with van der Waals surface area (Å²) >= 11 is 6.20. The topological polar surface area (TPSA) is 98.0 Å². The summed E-state index contributed by atoms with van der Waals surface area (Å²) in [4.78, 5) is 24.7. The number of esters is 1. The molecule has 1 atom stereocenters. The molecule has 0 fully saturated rings. The van der Waals surface area contributed by atoms with E-state index in [1.165, 1.54) is 31.5 Å². The quantitative estimate of drug-likeness (QED) is 0.681. The van der Waals surface area contributed by atoms with Gasteiger partial charge < -0.3 is 24.3 Å². The predicted octanol–water partition coefficient (Wildman–Crippen LogP) is 3.25. The summed E-state index contributed by atoms with van der Waals surface area (Å²) in [5.74, 6) is -0.649. The lowest BCUT2D eigenvalue weighted by Gasteiger charge is -2.26. The molecule has 8 heteroatoms. The van der Waals surface area contributed by atoms with Crippen LogP contribution in [0.25, 0.3) is 11.3 Å². The van der Waals surface area contributed by atoms with E-state index in [-0.39, 0.29) is 46.8 Å². The van der Waals surface area contributed by atoms with E-state index in [0.717, 1.165) is 0 Å². The van der Waals surface area contributed by atoms with Gasteiger partial charge in [-0.05, 0) is 18.9 Å². The van der Waals surface area contributed by atoms with E-state index in [0.29, 0.717) is 5.69 Å². The second kappa shape index (κ2) is 9.12. The summed E-state index contributed by atoms with van der Waals surface area (Å²) in [6, 6.07) is 3.59. The highest BCUT2D eigenvalue weighted by atomic mass is 35.5. The SMILES string of the molecule is CCOC(=O)c1cn([C@@H](CO)C(C)C)c(-c2cc(Cl)c(OC)cc2O)cc1=O. The van der Waals surface area contributed by atoms with Crippen LogP contribution in [-0.2, 0) is 4.74 Å². The molecule has 28 heavy (non-hydrogen) atoms. The number of aliphatic hydroxyl groups excluding tert-OH is 1. The first kappa shape index (κ1) is 21.8. The van der Waals surface area contributed by atoms with Crippen LogP contribution in [0.5, 0.6) is 11.5 Å². The molecule has 1 aromatic carbocycles. The van der Waals surface area contributed by atoms with Gasteiger partial charge in [0.15, 0.2) is 5.43 Å². The molecule has 0 spiro atoms. The number of hydrogen-bond acceptors (Lipinski definition) is 6. The zero-order chi connectivity index (χ0) is 21.0. The van der Waals surface area contributed by atoms with Gasteiger partial charge in [0.2, 0.25) is 0 Å². The van der Waals surface area contributed by atoms with Crippen molar-refractivity contribution in [2.75, 3.05) is 20.3 Å². The number of halogens is 1. The highest BCUT2D eigenvalue weighted by Gasteiger charge is 2.24. The number of ether oxygens (including phenoxy) is 2. The zero-order valence-electron chi connectivity index (χ0n) is 16.2. The molecule has 2 aromatic rings. The Morgan fingerprint density at radius 2 is 1.96 bits per heavy atom. The highest BCUT2D eigenvalue weighted by Crippen LogP contribution is 2.38. The summed E-state index contributed by atoms with van der Waals surface area (Å²) in [6.07, 6.45) is 1.36. The van der Waals surface area contributed by atoms with Crippen LogP contribution in [0.4, 0.5) is 0 Å².